The van der Waals surface area contributed by atoms with Crippen molar-refractivity contribution in [2.75, 3.05) is 11.4 Å². The van der Waals surface area contributed by atoms with Gasteiger partial charge in [-0.25, -0.2) is 4.90 Å². The Morgan fingerprint density at radius 1 is 0.850 bits per heavy atom. The SMILES string of the molecule is NCCc1ccc(N2C(=O)c3ccccc3C2=O)cc1. The number of anilines is 1. The number of hydrogen-bond acceptors (Lipinski definition) is 3. The van der Waals surface area contributed by atoms with Gasteiger partial charge in [-0.3, -0.25) is 9.59 Å². The first-order chi connectivity index (χ1) is 9.72. The van der Waals surface area contributed by atoms with Gasteiger partial charge in [0, 0.05) is 0 Å². The second kappa shape index (κ2) is 4.90. The molecule has 0 saturated heterocycles. The molecule has 0 atom stereocenters. The molecular weight excluding hydrogens is 252 g/mol. The van der Waals surface area contributed by atoms with E-state index in [2.05, 4.69) is 0 Å². The van der Waals surface area contributed by atoms with Crippen molar-refractivity contribution in [3.8, 4) is 0 Å². The number of amides is 2. The molecule has 20 heavy (non-hydrogen) atoms. The third-order valence-corrected chi connectivity index (χ3v) is 3.42. The van der Waals surface area contributed by atoms with Crippen molar-refractivity contribution in [2.45, 2.75) is 6.42 Å². The Labute approximate surface area is 116 Å². The van der Waals surface area contributed by atoms with E-state index in [1.54, 1.807) is 36.4 Å². The Bertz CT molecular complexity index is 642. The molecule has 0 fully saturated rings. The highest BCUT2D eigenvalue weighted by molar-refractivity contribution is 6.34. The van der Waals surface area contributed by atoms with E-state index in [4.69, 9.17) is 5.73 Å². The minimum Gasteiger partial charge on any atom is -0.330 e. The van der Waals surface area contributed by atoms with Crippen molar-refractivity contribution in [1.82, 2.24) is 0 Å². The molecule has 3 rings (SSSR count). The Hall–Kier alpha value is -2.46. The van der Waals surface area contributed by atoms with Crippen LogP contribution in [-0.4, -0.2) is 18.4 Å². The fourth-order valence-electron chi connectivity index (χ4n) is 2.40. The highest BCUT2D eigenvalue weighted by atomic mass is 16.2. The van der Waals surface area contributed by atoms with E-state index >= 15 is 0 Å². The Balaban J connectivity index is 1.96. The maximum atomic E-state index is 12.3. The van der Waals surface area contributed by atoms with E-state index < -0.39 is 0 Å². The molecule has 0 bridgehead atoms. The number of imide groups is 1. The second-order valence-electron chi connectivity index (χ2n) is 4.70. The van der Waals surface area contributed by atoms with Crippen LogP contribution in [0.5, 0.6) is 0 Å². The quantitative estimate of drug-likeness (QED) is 0.864. The van der Waals surface area contributed by atoms with Gasteiger partial charge in [0.2, 0.25) is 0 Å². The van der Waals surface area contributed by atoms with Crippen LogP contribution in [0.2, 0.25) is 0 Å². The minimum absolute atomic E-state index is 0.267. The molecule has 0 aliphatic carbocycles. The van der Waals surface area contributed by atoms with Gasteiger partial charge in [-0.05, 0) is 42.8 Å². The molecule has 1 heterocycles. The van der Waals surface area contributed by atoms with Gasteiger partial charge >= 0.3 is 0 Å². The van der Waals surface area contributed by atoms with Gasteiger partial charge in [-0.15, -0.1) is 0 Å². The van der Waals surface area contributed by atoms with Crippen molar-refractivity contribution in [1.29, 1.82) is 0 Å². The normalized spacial score (nSPS) is 13.8. The van der Waals surface area contributed by atoms with Crippen LogP contribution in [0, 0.1) is 0 Å². The molecule has 0 saturated carbocycles. The Morgan fingerprint density at radius 2 is 1.40 bits per heavy atom. The molecule has 2 N–H and O–H groups in total. The molecule has 100 valence electrons. The number of nitrogens with two attached hydrogens (primary N) is 1. The van der Waals surface area contributed by atoms with Gasteiger partial charge in [-0.2, -0.15) is 0 Å². The van der Waals surface area contributed by atoms with E-state index in [1.165, 1.54) is 4.90 Å². The minimum atomic E-state index is -0.267. The number of carbonyl (C=O) groups excluding carboxylic acids is 2. The van der Waals surface area contributed by atoms with Crippen LogP contribution in [-0.2, 0) is 6.42 Å². The third kappa shape index (κ3) is 1.90. The maximum Gasteiger partial charge on any atom is 0.266 e. The van der Waals surface area contributed by atoms with Crippen LogP contribution < -0.4 is 10.6 Å². The predicted molar refractivity (Wildman–Crippen MR) is 76.8 cm³/mol. The zero-order chi connectivity index (χ0) is 14.1. The lowest BCUT2D eigenvalue weighted by Crippen LogP contribution is -2.29. The summed E-state index contributed by atoms with van der Waals surface area (Å²) >= 11 is 0. The smallest absolute Gasteiger partial charge is 0.266 e. The number of hydrogen-bond donors (Lipinski definition) is 1. The summed E-state index contributed by atoms with van der Waals surface area (Å²) in [5.74, 6) is -0.533. The summed E-state index contributed by atoms with van der Waals surface area (Å²) < 4.78 is 0. The van der Waals surface area contributed by atoms with Crippen LogP contribution in [0.1, 0.15) is 26.3 Å². The molecule has 0 aromatic heterocycles. The van der Waals surface area contributed by atoms with E-state index in [1.807, 2.05) is 12.1 Å². The van der Waals surface area contributed by atoms with Gasteiger partial charge in [0.25, 0.3) is 11.8 Å². The monoisotopic (exact) mass is 266 g/mol. The summed E-state index contributed by atoms with van der Waals surface area (Å²) in [5, 5.41) is 0. The van der Waals surface area contributed by atoms with Crippen molar-refractivity contribution < 1.29 is 9.59 Å². The number of fused-ring (bicyclic) bond motifs is 1. The number of nitrogens with zero attached hydrogens (tertiary/aromatic N) is 1. The molecule has 0 unspecified atom stereocenters. The highest BCUT2D eigenvalue weighted by Crippen LogP contribution is 2.28. The first-order valence-corrected chi connectivity index (χ1v) is 6.49. The molecule has 1 aliphatic rings. The maximum absolute atomic E-state index is 12.3. The van der Waals surface area contributed by atoms with Crippen LogP contribution in [0.15, 0.2) is 48.5 Å². The van der Waals surface area contributed by atoms with Crippen LogP contribution in [0.25, 0.3) is 0 Å². The number of benzene rings is 2. The largest absolute Gasteiger partial charge is 0.330 e. The van der Waals surface area contributed by atoms with Gasteiger partial charge in [0.15, 0.2) is 0 Å². The molecule has 2 aromatic rings. The molecule has 4 nitrogen and oxygen atoms in total. The van der Waals surface area contributed by atoms with Crippen molar-refractivity contribution in [3.05, 3.63) is 65.2 Å². The van der Waals surface area contributed by atoms with Crippen LogP contribution >= 0.6 is 0 Å². The third-order valence-electron chi connectivity index (χ3n) is 3.42. The lowest BCUT2D eigenvalue weighted by atomic mass is 10.1. The lowest BCUT2D eigenvalue weighted by molar-refractivity contribution is 0.0926. The standard InChI is InChI=1S/C16H14N2O2/c17-10-9-11-5-7-12(8-6-11)18-15(19)13-3-1-2-4-14(13)16(18)20/h1-8H,9-10,17H2. The van der Waals surface area contributed by atoms with E-state index in [9.17, 15) is 9.59 Å². The highest BCUT2D eigenvalue weighted by Gasteiger charge is 2.36. The van der Waals surface area contributed by atoms with E-state index in [-0.39, 0.29) is 11.8 Å². The van der Waals surface area contributed by atoms with E-state index in [0.29, 0.717) is 23.4 Å². The van der Waals surface area contributed by atoms with Gasteiger partial charge < -0.3 is 5.73 Å². The zero-order valence-electron chi connectivity index (χ0n) is 10.9. The van der Waals surface area contributed by atoms with Gasteiger partial charge in [0.05, 0.1) is 16.8 Å². The van der Waals surface area contributed by atoms with Crippen molar-refractivity contribution in [2.24, 2.45) is 5.73 Å². The van der Waals surface area contributed by atoms with Crippen LogP contribution in [0.3, 0.4) is 0 Å². The fraction of sp³-hybridized carbons (Fsp3) is 0.125. The molecular formula is C16H14N2O2. The molecule has 0 radical (unpaired) electrons. The average Bonchev–Trinajstić information content (AvgIpc) is 2.73. The van der Waals surface area contributed by atoms with E-state index in [0.717, 1.165) is 12.0 Å². The van der Waals surface area contributed by atoms with Gasteiger partial charge in [-0.1, -0.05) is 24.3 Å². The lowest BCUT2D eigenvalue weighted by Gasteiger charge is -2.14. The summed E-state index contributed by atoms with van der Waals surface area (Å²) in [5.41, 5.74) is 8.11. The summed E-state index contributed by atoms with van der Waals surface area (Å²) in [6, 6.07) is 14.2. The summed E-state index contributed by atoms with van der Waals surface area (Å²) in [6.45, 7) is 0.576. The van der Waals surface area contributed by atoms with Gasteiger partial charge in [0.1, 0.15) is 0 Å². The second-order valence-corrected chi connectivity index (χ2v) is 4.70. The van der Waals surface area contributed by atoms with Crippen LogP contribution in [0.4, 0.5) is 5.69 Å². The number of carbonyl (C=O) groups is 2. The molecule has 4 heteroatoms. The predicted octanol–water partition coefficient (Wildman–Crippen LogP) is 1.99. The molecule has 1 aliphatic heterocycles. The molecule has 2 amide bonds. The topological polar surface area (TPSA) is 63.4 Å². The fourth-order valence-corrected chi connectivity index (χ4v) is 2.40. The van der Waals surface area contributed by atoms with Crippen molar-refractivity contribution >= 4 is 17.5 Å². The zero-order valence-corrected chi connectivity index (χ0v) is 10.9. The first-order valence-electron chi connectivity index (χ1n) is 6.49. The summed E-state index contributed by atoms with van der Waals surface area (Å²) in [6.07, 6.45) is 0.780. The van der Waals surface area contributed by atoms with Crippen molar-refractivity contribution in [3.63, 3.8) is 0 Å². The average molecular weight is 266 g/mol. The Morgan fingerprint density at radius 3 is 1.90 bits per heavy atom. The summed E-state index contributed by atoms with van der Waals surface area (Å²) in [4.78, 5) is 25.8. The molecule has 2 aromatic carbocycles. The summed E-state index contributed by atoms with van der Waals surface area (Å²) in [7, 11) is 0. The Kier molecular flexibility index (Phi) is 3.08. The molecule has 0 spiro atoms. The number of rotatable bonds is 3. The first kappa shape index (κ1) is 12.6.